The molecule has 2 aromatic rings. The molecule has 4 heteroatoms. The van der Waals surface area contributed by atoms with Gasteiger partial charge in [0.25, 0.3) is 0 Å². The van der Waals surface area contributed by atoms with E-state index in [-0.39, 0.29) is 6.67 Å². The van der Waals surface area contributed by atoms with Gasteiger partial charge in [-0.1, -0.05) is 62.1 Å². The Labute approximate surface area is 177 Å². The number of rotatable bonds is 9. The summed E-state index contributed by atoms with van der Waals surface area (Å²) in [6.07, 6.45) is 12.9. The van der Waals surface area contributed by atoms with Gasteiger partial charge in [-0.05, 0) is 66.3 Å². The SMILES string of the molecule is FCC=CCCC1CCC(CCc2ccc(-c3cc(F)c(CF)c(F)c3)cc2)CC1. The Balaban J connectivity index is 1.47. The van der Waals surface area contributed by atoms with Crippen molar-refractivity contribution < 1.29 is 17.6 Å². The third-order valence-electron chi connectivity index (χ3n) is 6.37. The second-order valence-electron chi connectivity index (χ2n) is 8.38. The van der Waals surface area contributed by atoms with Gasteiger partial charge in [0.2, 0.25) is 0 Å². The number of benzene rings is 2. The molecule has 2 aromatic carbocycles. The first-order chi connectivity index (χ1) is 14.6. The molecule has 0 amide bonds. The third-order valence-corrected chi connectivity index (χ3v) is 6.37. The maximum absolute atomic E-state index is 13.8. The number of hydrogen-bond acceptors (Lipinski definition) is 0. The molecule has 0 atom stereocenters. The summed E-state index contributed by atoms with van der Waals surface area (Å²) in [5, 5.41) is 0. The normalized spacial score (nSPS) is 19.5. The first-order valence-corrected chi connectivity index (χ1v) is 10.9. The zero-order valence-corrected chi connectivity index (χ0v) is 17.4. The van der Waals surface area contributed by atoms with Crippen LogP contribution in [-0.4, -0.2) is 6.67 Å². The third kappa shape index (κ3) is 6.20. The highest BCUT2D eigenvalue weighted by Crippen LogP contribution is 2.34. The largest absolute Gasteiger partial charge is 0.247 e. The van der Waals surface area contributed by atoms with E-state index in [0.717, 1.165) is 43.1 Å². The molecule has 3 rings (SSSR count). The van der Waals surface area contributed by atoms with E-state index < -0.39 is 23.9 Å². The van der Waals surface area contributed by atoms with E-state index in [1.807, 2.05) is 30.3 Å². The lowest BCUT2D eigenvalue weighted by Crippen LogP contribution is -2.15. The molecule has 0 aromatic heterocycles. The molecular formula is C26H30F4. The number of alkyl halides is 2. The maximum atomic E-state index is 13.8. The van der Waals surface area contributed by atoms with Gasteiger partial charge in [0.05, 0.1) is 5.56 Å². The second kappa shape index (κ2) is 11.3. The van der Waals surface area contributed by atoms with E-state index in [1.165, 1.54) is 43.4 Å². The minimum atomic E-state index is -1.14. The summed E-state index contributed by atoms with van der Waals surface area (Å²) in [4.78, 5) is 0. The van der Waals surface area contributed by atoms with Crippen molar-refractivity contribution in [3.63, 3.8) is 0 Å². The van der Waals surface area contributed by atoms with Crippen molar-refractivity contribution in [1.82, 2.24) is 0 Å². The van der Waals surface area contributed by atoms with Crippen molar-refractivity contribution in [1.29, 1.82) is 0 Å². The van der Waals surface area contributed by atoms with Crippen molar-refractivity contribution >= 4 is 0 Å². The fraction of sp³-hybridized carbons (Fsp3) is 0.462. The quantitative estimate of drug-likeness (QED) is 0.285. The molecule has 0 spiro atoms. The molecule has 0 bridgehead atoms. The lowest BCUT2D eigenvalue weighted by molar-refractivity contribution is 0.254. The molecule has 0 N–H and O–H groups in total. The van der Waals surface area contributed by atoms with Crippen molar-refractivity contribution in [3.8, 4) is 11.1 Å². The Morgan fingerprint density at radius 3 is 1.93 bits per heavy atom. The smallest absolute Gasteiger partial charge is 0.132 e. The standard InChI is InChI=1S/C26H30F4/c27-15-3-1-2-4-19-5-7-20(8-6-19)9-10-21-11-13-22(14-12-21)23-16-25(29)24(18-28)26(30)17-23/h1,3,11-14,16-17,19-20H,2,4-10,15,18H2. The average Bonchev–Trinajstić information content (AvgIpc) is 2.76. The van der Waals surface area contributed by atoms with Gasteiger partial charge >= 0.3 is 0 Å². The molecule has 0 saturated heterocycles. The van der Waals surface area contributed by atoms with E-state index in [0.29, 0.717) is 5.56 Å². The molecular weight excluding hydrogens is 388 g/mol. The minimum absolute atomic E-state index is 0.368. The van der Waals surface area contributed by atoms with Crippen LogP contribution in [0.15, 0.2) is 48.6 Å². The van der Waals surface area contributed by atoms with Crippen molar-refractivity contribution in [2.24, 2.45) is 11.8 Å². The summed E-state index contributed by atoms with van der Waals surface area (Å²) in [6.45, 7) is -1.51. The van der Waals surface area contributed by atoms with Crippen molar-refractivity contribution in [2.75, 3.05) is 6.67 Å². The molecule has 1 saturated carbocycles. The number of halogens is 4. The van der Waals surface area contributed by atoms with Gasteiger partial charge in [0.1, 0.15) is 25.0 Å². The van der Waals surface area contributed by atoms with Crippen LogP contribution in [0, 0.1) is 23.5 Å². The molecule has 162 valence electrons. The number of hydrogen-bond donors (Lipinski definition) is 0. The van der Waals surface area contributed by atoms with E-state index in [1.54, 1.807) is 6.08 Å². The Morgan fingerprint density at radius 2 is 1.37 bits per heavy atom. The highest BCUT2D eigenvalue weighted by molar-refractivity contribution is 5.64. The van der Waals surface area contributed by atoms with Crippen LogP contribution < -0.4 is 0 Å². The Morgan fingerprint density at radius 1 is 0.767 bits per heavy atom. The highest BCUT2D eigenvalue weighted by Gasteiger charge is 2.20. The summed E-state index contributed by atoms with van der Waals surface area (Å²) in [7, 11) is 0. The fourth-order valence-corrected chi connectivity index (χ4v) is 4.45. The molecule has 0 radical (unpaired) electrons. The van der Waals surface area contributed by atoms with Gasteiger partial charge in [-0.2, -0.15) is 0 Å². The zero-order valence-electron chi connectivity index (χ0n) is 17.4. The zero-order chi connectivity index (χ0) is 21.3. The number of allylic oxidation sites excluding steroid dienone is 2. The van der Waals surface area contributed by atoms with Crippen LogP contribution in [0.25, 0.3) is 11.1 Å². The monoisotopic (exact) mass is 418 g/mol. The summed E-state index contributed by atoms with van der Waals surface area (Å²) in [5.74, 6) is -0.163. The molecule has 0 unspecified atom stereocenters. The van der Waals surface area contributed by atoms with Crippen LogP contribution in [-0.2, 0) is 13.1 Å². The summed E-state index contributed by atoms with van der Waals surface area (Å²) in [6, 6.07) is 10.2. The Bertz CT molecular complexity index is 794. The highest BCUT2D eigenvalue weighted by atomic mass is 19.1. The Hall–Kier alpha value is -2.10. The van der Waals surface area contributed by atoms with E-state index >= 15 is 0 Å². The first-order valence-electron chi connectivity index (χ1n) is 10.9. The molecule has 0 nitrogen and oxygen atoms in total. The van der Waals surface area contributed by atoms with Gasteiger partial charge in [-0.15, -0.1) is 0 Å². The molecule has 1 fully saturated rings. The Kier molecular flexibility index (Phi) is 8.53. The van der Waals surface area contributed by atoms with Crippen LogP contribution in [0.3, 0.4) is 0 Å². The molecule has 0 aliphatic heterocycles. The molecule has 0 heterocycles. The molecule has 30 heavy (non-hydrogen) atoms. The minimum Gasteiger partial charge on any atom is -0.247 e. The van der Waals surface area contributed by atoms with Gasteiger partial charge in [-0.25, -0.2) is 17.6 Å². The van der Waals surface area contributed by atoms with Crippen LogP contribution in [0.5, 0.6) is 0 Å². The van der Waals surface area contributed by atoms with Crippen LogP contribution >= 0.6 is 0 Å². The summed E-state index contributed by atoms with van der Waals surface area (Å²) >= 11 is 0. The number of aryl methyl sites for hydroxylation is 1. The molecule has 1 aliphatic carbocycles. The van der Waals surface area contributed by atoms with Crippen LogP contribution in [0.4, 0.5) is 17.6 Å². The summed E-state index contributed by atoms with van der Waals surface area (Å²) in [5.41, 5.74) is 1.86. The molecule has 1 aliphatic rings. The fourth-order valence-electron chi connectivity index (χ4n) is 4.45. The van der Waals surface area contributed by atoms with Gasteiger partial charge < -0.3 is 0 Å². The van der Waals surface area contributed by atoms with Crippen molar-refractivity contribution in [2.45, 2.75) is 58.0 Å². The predicted octanol–water partition coefficient (Wildman–Crippen LogP) is 8.15. The average molecular weight is 419 g/mol. The predicted molar refractivity (Wildman–Crippen MR) is 115 cm³/mol. The van der Waals surface area contributed by atoms with E-state index in [2.05, 4.69) is 0 Å². The lowest BCUT2D eigenvalue weighted by Gasteiger charge is -2.28. The van der Waals surface area contributed by atoms with E-state index in [9.17, 15) is 17.6 Å². The van der Waals surface area contributed by atoms with Crippen molar-refractivity contribution in [3.05, 3.63) is 71.3 Å². The first kappa shape index (κ1) is 22.6. The lowest BCUT2D eigenvalue weighted by atomic mass is 9.78. The van der Waals surface area contributed by atoms with Crippen LogP contribution in [0.2, 0.25) is 0 Å². The van der Waals surface area contributed by atoms with Gasteiger partial charge in [0, 0.05) is 0 Å². The maximum Gasteiger partial charge on any atom is 0.132 e. The topological polar surface area (TPSA) is 0 Å². The van der Waals surface area contributed by atoms with Gasteiger partial charge in [0.15, 0.2) is 0 Å². The van der Waals surface area contributed by atoms with Gasteiger partial charge in [-0.3, -0.25) is 0 Å². The summed E-state index contributed by atoms with van der Waals surface area (Å²) < 4.78 is 52.4. The van der Waals surface area contributed by atoms with E-state index in [4.69, 9.17) is 0 Å². The van der Waals surface area contributed by atoms with Crippen LogP contribution in [0.1, 0.15) is 56.1 Å². The second-order valence-corrected chi connectivity index (χ2v) is 8.38.